The molecule has 3 N–H and O–H groups in total. The normalized spacial score (nSPS) is 17.9. The van der Waals surface area contributed by atoms with E-state index in [1.54, 1.807) is 50.7 Å². The molecule has 16 nitrogen and oxygen atoms in total. The third-order valence-electron chi connectivity index (χ3n) is 15.4. The molecule has 3 aromatic heterocycles. The summed E-state index contributed by atoms with van der Waals surface area (Å²) in [6, 6.07) is 25.8. The Morgan fingerprint density at radius 2 is 1.65 bits per heavy atom. The maximum Gasteiger partial charge on any atom is 0.420 e. The van der Waals surface area contributed by atoms with Gasteiger partial charge in [0.2, 0.25) is 17.7 Å². The fraction of sp³-hybridized carbons (Fsp3) is 0.379. The van der Waals surface area contributed by atoms with Crippen molar-refractivity contribution in [1.82, 2.24) is 30.0 Å². The van der Waals surface area contributed by atoms with E-state index in [0.29, 0.717) is 60.4 Å². The molecule has 1 spiro atoms. The van der Waals surface area contributed by atoms with E-state index in [9.17, 15) is 24.0 Å². The zero-order valence-corrected chi connectivity index (χ0v) is 44.4. The number of imide groups is 1. The zero-order valence-electron chi connectivity index (χ0n) is 43.6. The number of hydrogen-bond donors (Lipinski definition) is 3. The maximum absolute atomic E-state index is 15.4. The highest BCUT2D eigenvalue weighted by Crippen LogP contribution is 2.53. The highest BCUT2D eigenvalue weighted by Gasteiger charge is 2.47. The number of aromatic nitrogens is 4. The summed E-state index contributed by atoms with van der Waals surface area (Å²) < 4.78 is 60.7. The number of amides is 4. The number of benzene rings is 4. The van der Waals surface area contributed by atoms with Crippen LogP contribution in [0.15, 0.2) is 91.0 Å². The van der Waals surface area contributed by atoms with Crippen LogP contribution in [0, 0.1) is 11.3 Å². The first-order valence-corrected chi connectivity index (χ1v) is 27.0. The van der Waals surface area contributed by atoms with Gasteiger partial charge in [-0.25, -0.2) is 14.8 Å². The molecule has 78 heavy (non-hydrogen) atoms. The second-order valence-electron chi connectivity index (χ2n) is 22.0. The minimum absolute atomic E-state index is 0.0117. The molecular formula is C58H58F3N9O7S. The van der Waals surface area contributed by atoms with Gasteiger partial charge in [0.1, 0.15) is 22.7 Å². The number of piperidine rings is 2. The lowest BCUT2D eigenvalue weighted by molar-refractivity contribution is -0.139. The van der Waals surface area contributed by atoms with Crippen LogP contribution in [-0.4, -0.2) is 92.6 Å². The van der Waals surface area contributed by atoms with Crippen LogP contribution in [0.1, 0.15) is 108 Å². The molecule has 20 heteroatoms. The number of halogens is 3. The smallest absolute Gasteiger partial charge is 0.420 e. The molecule has 3 aliphatic heterocycles. The molecule has 0 radical (unpaired) electrons. The molecule has 2 saturated heterocycles. The molecule has 0 bridgehead atoms. The van der Waals surface area contributed by atoms with Gasteiger partial charge in [-0.15, -0.1) is 0 Å². The number of anilines is 3. The Labute approximate surface area is 451 Å². The number of carbonyl (C=O) groups excluding carboxylic acids is 5. The highest BCUT2D eigenvalue weighted by molar-refractivity contribution is 7.22. The number of para-hydroxylation sites is 1. The van der Waals surface area contributed by atoms with Gasteiger partial charge in [0.05, 0.1) is 40.5 Å². The number of fused-ring (bicyclic) bond motifs is 3. The van der Waals surface area contributed by atoms with E-state index in [-0.39, 0.29) is 83.6 Å². The number of esters is 1. The lowest BCUT2D eigenvalue weighted by Gasteiger charge is -2.52. The van der Waals surface area contributed by atoms with E-state index < -0.39 is 29.2 Å². The Bertz CT molecular complexity index is 3500. The lowest BCUT2D eigenvalue weighted by atomic mass is 9.58. The summed E-state index contributed by atoms with van der Waals surface area (Å²) in [5, 5.41) is 14.2. The van der Waals surface area contributed by atoms with Crippen LogP contribution in [-0.2, 0) is 45.3 Å². The van der Waals surface area contributed by atoms with Crippen molar-refractivity contribution in [2.75, 3.05) is 48.3 Å². The molecule has 1 atom stereocenters. The number of likely N-dealkylation sites (tertiary alicyclic amines) is 1. The molecule has 6 heterocycles. The zero-order chi connectivity index (χ0) is 54.7. The minimum Gasteiger partial charge on any atom is -0.493 e. The number of nitrogens with one attached hydrogen (secondary N) is 3. The lowest BCUT2D eigenvalue weighted by Crippen LogP contribution is -2.49. The Morgan fingerprint density at radius 1 is 0.872 bits per heavy atom. The Morgan fingerprint density at radius 3 is 2.41 bits per heavy atom. The minimum atomic E-state index is -4.87. The van der Waals surface area contributed by atoms with E-state index >= 15 is 13.2 Å². The van der Waals surface area contributed by atoms with Crippen LogP contribution in [0.25, 0.3) is 32.2 Å². The van der Waals surface area contributed by atoms with Crippen molar-refractivity contribution in [3.63, 3.8) is 0 Å². The highest BCUT2D eigenvalue weighted by atomic mass is 32.1. The van der Waals surface area contributed by atoms with Crippen molar-refractivity contribution in [2.45, 2.75) is 90.0 Å². The van der Waals surface area contributed by atoms with Crippen molar-refractivity contribution in [1.29, 1.82) is 0 Å². The van der Waals surface area contributed by atoms with Gasteiger partial charge in [-0.3, -0.25) is 39.4 Å². The molecule has 1 unspecified atom stereocenters. The first-order chi connectivity index (χ1) is 37.3. The fourth-order valence-corrected chi connectivity index (χ4v) is 12.5. The molecule has 11 rings (SSSR count). The molecule has 404 valence electrons. The van der Waals surface area contributed by atoms with Crippen LogP contribution in [0.3, 0.4) is 0 Å². The van der Waals surface area contributed by atoms with Gasteiger partial charge in [-0.2, -0.15) is 18.3 Å². The summed E-state index contributed by atoms with van der Waals surface area (Å²) in [5.41, 5.74) is 2.31. The predicted molar refractivity (Wildman–Crippen MR) is 289 cm³/mol. The molecule has 4 aromatic carbocycles. The summed E-state index contributed by atoms with van der Waals surface area (Å²) in [6.07, 6.45) is -0.458. The van der Waals surface area contributed by atoms with Crippen molar-refractivity contribution in [3.05, 3.63) is 125 Å². The average molecular weight is 1080 g/mol. The Balaban J connectivity index is 0.740. The van der Waals surface area contributed by atoms with Gasteiger partial charge in [0.15, 0.2) is 10.8 Å². The largest absolute Gasteiger partial charge is 0.493 e. The van der Waals surface area contributed by atoms with Gasteiger partial charge >= 0.3 is 12.1 Å². The van der Waals surface area contributed by atoms with Crippen molar-refractivity contribution >= 4 is 78.7 Å². The number of hydrogen-bond acceptors (Lipinski definition) is 13. The van der Waals surface area contributed by atoms with E-state index in [1.807, 2.05) is 53.4 Å². The number of nitrogens with zero attached hydrogens (tertiary/aromatic N) is 6. The van der Waals surface area contributed by atoms with Gasteiger partial charge < -0.3 is 19.7 Å². The van der Waals surface area contributed by atoms with Gasteiger partial charge in [0.25, 0.3) is 5.91 Å². The van der Waals surface area contributed by atoms with E-state index in [2.05, 4.69) is 30.9 Å². The number of carbonyl (C=O) groups is 5. The standard InChI is InChI=1S/C58H58F3N9O7S/c1-56(2,3)77-54(75)51-37(17-19-46(64-51)70-24-21-34-9-7-11-38(41(34)30-70)52(73)66-55-63-42-12-5-6-14-45(42)78-55)36-10-8-13-44(49(36)58(59,60)61)76-32-33-28-57(29-33)22-25-69(26-23-57)31-48(72)62-35-15-16-39-43(27-35)68(4)67-50(39)40-18-20-47(71)65-53(40)74/h5-17,19,27,33,40H,18,20-26,28-32H2,1-4H3,(H,62,72)(H,63,66,73)(H,65,71,74). The number of pyridine rings is 1. The number of ether oxygens (including phenoxy) is 2. The Kier molecular flexibility index (Phi) is 13.8. The monoisotopic (exact) mass is 1080 g/mol. The predicted octanol–water partition coefficient (Wildman–Crippen LogP) is 10.1. The topological polar surface area (TPSA) is 190 Å². The second-order valence-corrected chi connectivity index (χ2v) is 23.0. The molecule has 1 saturated carbocycles. The Hall–Kier alpha value is -7.71. The summed E-state index contributed by atoms with van der Waals surface area (Å²) in [5.74, 6) is -2.56. The van der Waals surface area contributed by atoms with E-state index in [1.165, 1.54) is 35.6 Å². The molecule has 3 fully saturated rings. The maximum atomic E-state index is 15.4. The van der Waals surface area contributed by atoms with Crippen LogP contribution >= 0.6 is 11.3 Å². The van der Waals surface area contributed by atoms with Crippen molar-refractivity contribution < 1.29 is 46.6 Å². The summed E-state index contributed by atoms with van der Waals surface area (Å²) in [4.78, 5) is 78.7. The van der Waals surface area contributed by atoms with Gasteiger partial charge in [-0.05, 0) is 149 Å². The van der Waals surface area contributed by atoms with Crippen LogP contribution < -0.4 is 25.6 Å². The number of rotatable bonds is 12. The summed E-state index contributed by atoms with van der Waals surface area (Å²) in [7, 11) is 1.77. The van der Waals surface area contributed by atoms with E-state index in [0.717, 1.165) is 57.9 Å². The number of thiazole rings is 1. The SMILES string of the molecule is Cn1nc(C2CCC(=O)NC2=O)c2ccc(NC(=O)CN3CCC4(CC3)CC(COc3cccc(-c5ccc(N6CCc7cccc(C(=O)Nc8nc9ccccc9s8)c7C6)nc5C(=O)OC(C)(C)C)c3C(F)(F)F)C4)cc21. The molecule has 7 aromatic rings. The summed E-state index contributed by atoms with van der Waals surface area (Å²) in [6.45, 7) is 7.40. The quantitative estimate of drug-likeness (QED) is 0.0777. The first kappa shape index (κ1) is 52.3. The van der Waals surface area contributed by atoms with Crippen molar-refractivity contribution in [3.8, 4) is 16.9 Å². The molecule has 4 amide bonds. The second kappa shape index (κ2) is 20.6. The molecular weight excluding hydrogens is 1020 g/mol. The van der Waals surface area contributed by atoms with Gasteiger partial charge in [-0.1, -0.05) is 47.7 Å². The fourth-order valence-electron chi connectivity index (χ4n) is 11.6. The average Bonchev–Trinajstić information content (AvgIpc) is 3.99. The van der Waals surface area contributed by atoms with E-state index in [4.69, 9.17) is 14.5 Å². The third kappa shape index (κ3) is 10.8. The molecule has 1 aliphatic carbocycles. The van der Waals surface area contributed by atoms with Crippen LogP contribution in [0.5, 0.6) is 5.75 Å². The molecule has 4 aliphatic rings. The first-order valence-electron chi connectivity index (χ1n) is 26.2. The number of alkyl halides is 3. The van der Waals surface area contributed by atoms with Crippen molar-refractivity contribution in [2.24, 2.45) is 18.4 Å². The van der Waals surface area contributed by atoms with Crippen LogP contribution in [0.4, 0.5) is 29.8 Å². The van der Waals surface area contributed by atoms with Crippen LogP contribution in [0.2, 0.25) is 0 Å². The number of aryl methyl sites for hydroxylation is 1. The van der Waals surface area contributed by atoms with Gasteiger partial charge in [0, 0.05) is 54.3 Å². The third-order valence-corrected chi connectivity index (χ3v) is 16.3. The summed E-state index contributed by atoms with van der Waals surface area (Å²) >= 11 is 1.37.